The van der Waals surface area contributed by atoms with Crippen molar-refractivity contribution in [1.82, 2.24) is 19.3 Å². The molecule has 1 N–H and O–H groups in total. The van der Waals surface area contributed by atoms with Crippen molar-refractivity contribution in [2.75, 3.05) is 5.32 Å². The number of halogens is 1. The molecule has 0 saturated heterocycles. The molecule has 156 valence electrons. The second-order valence-corrected chi connectivity index (χ2v) is 8.19. The molecule has 8 heteroatoms. The van der Waals surface area contributed by atoms with E-state index in [0.29, 0.717) is 28.6 Å². The first-order valence-corrected chi connectivity index (χ1v) is 10.4. The Hall–Kier alpha value is -2.93. The smallest absolute Gasteiger partial charge is 0.258 e. The molecule has 2 heterocycles. The number of carbonyl (C=O) groups is 1. The second-order valence-electron chi connectivity index (χ2n) is 7.79. The molecule has 0 aliphatic heterocycles. The number of aryl methyl sites for hydroxylation is 4. The summed E-state index contributed by atoms with van der Waals surface area (Å²) in [5.41, 5.74) is 4.55. The van der Waals surface area contributed by atoms with Crippen LogP contribution in [0.15, 0.2) is 29.1 Å². The van der Waals surface area contributed by atoms with Gasteiger partial charge < -0.3 is 5.32 Å². The van der Waals surface area contributed by atoms with Gasteiger partial charge >= 0.3 is 0 Å². The number of nitrogens with one attached hydrogen (secondary N) is 1. The van der Waals surface area contributed by atoms with Crippen LogP contribution in [0.25, 0.3) is 5.95 Å². The molecule has 2 aromatic heterocycles. The summed E-state index contributed by atoms with van der Waals surface area (Å²) in [5, 5.41) is 7.89. The average Bonchev–Trinajstić information content (AvgIpc) is 3.04. The van der Waals surface area contributed by atoms with E-state index in [1.54, 1.807) is 16.8 Å². The van der Waals surface area contributed by atoms with E-state index in [4.69, 9.17) is 16.6 Å². The lowest BCUT2D eigenvalue weighted by molar-refractivity contribution is -0.116. The monoisotopic (exact) mass is 425 g/mol. The molecule has 0 unspecified atom stereocenters. The molecule has 1 aliphatic carbocycles. The van der Waals surface area contributed by atoms with Crippen molar-refractivity contribution in [3.8, 4) is 5.95 Å². The SMILES string of the molecule is Cc1cc(C)n(-c2nc3c(c(=O)n2CC(=O)Nc2ccc(C)c(Cl)c2)CCCC3)n1. The Balaban J connectivity index is 1.74. The summed E-state index contributed by atoms with van der Waals surface area (Å²) in [5.74, 6) is 0.0562. The van der Waals surface area contributed by atoms with Gasteiger partial charge in [-0.2, -0.15) is 5.10 Å². The maximum atomic E-state index is 13.3. The van der Waals surface area contributed by atoms with Gasteiger partial charge in [-0.3, -0.25) is 14.2 Å². The van der Waals surface area contributed by atoms with Gasteiger partial charge in [0.2, 0.25) is 11.9 Å². The van der Waals surface area contributed by atoms with Crippen molar-refractivity contribution in [2.24, 2.45) is 0 Å². The van der Waals surface area contributed by atoms with Gasteiger partial charge in [0.1, 0.15) is 6.54 Å². The molecule has 0 radical (unpaired) electrons. The predicted octanol–water partition coefficient (Wildman–Crippen LogP) is 3.53. The maximum absolute atomic E-state index is 13.3. The quantitative estimate of drug-likeness (QED) is 0.693. The lowest BCUT2D eigenvalue weighted by Crippen LogP contribution is -2.35. The Labute approximate surface area is 179 Å². The lowest BCUT2D eigenvalue weighted by Gasteiger charge is -2.20. The summed E-state index contributed by atoms with van der Waals surface area (Å²) in [6.07, 6.45) is 3.42. The third-order valence-corrected chi connectivity index (χ3v) is 5.78. The first kappa shape index (κ1) is 20.3. The summed E-state index contributed by atoms with van der Waals surface area (Å²) >= 11 is 6.16. The Morgan fingerprint density at radius 2 is 1.93 bits per heavy atom. The van der Waals surface area contributed by atoms with Gasteiger partial charge in [0, 0.05) is 22.0 Å². The molecule has 1 aliphatic rings. The van der Waals surface area contributed by atoms with E-state index < -0.39 is 0 Å². The predicted molar refractivity (Wildman–Crippen MR) is 117 cm³/mol. The van der Waals surface area contributed by atoms with Gasteiger partial charge in [-0.15, -0.1) is 0 Å². The van der Waals surface area contributed by atoms with Crippen molar-refractivity contribution in [1.29, 1.82) is 0 Å². The van der Waals surface area contributed by atoms with Crippen LogP contribution in [0.5, 0.6) is 0 Å². The topological polar surface area (TPSA) is 81.8 Å². The number of amides is 1. The van der Waals surface area contributed by atoms with Gasteiger partial charge in [0.05, 0.1) is 11.4 Å². The Kier molecular flexibility index (Phi) is 5.47. The van der Waals surface area contributed by atoms with Crippen LogP contribution in [-0.2, 0) is 24.2 Å². The third kappa shape index (κ3) is 3.89. The minimum atomic E-state index is -0.322. The number of benzene rings is 1. The molecule has 0 fully saturated rings. The average molecular weight is 426 g/mol. The summed E-state index contributed by atoms with van der Waals surface area (Å²) < 4.78 is 3.07. The normalized spacial score (nSPS) is 13.2. The van der Waals surface area contributed by atoms with Crippen LogP contribution in [0.3, 0.4) is 0 Å². The van der Waals surface area contributed by atoms with Crippen LogP contribution < -0.4 is 10.9 Å². The molecule has 3 aromatic rings. The first-order chi connectivity index (χ1) is 14.3. The largest absolute Gasteiger partial charge is 0.324 e. The van der Waals surface area contributed by atoms with Crippen LogP contribution >= 0.6 is 11.6 Å². The second kappa shape index (κ2) is 8.07. The fraction of sp³-hybridized carbons (Fsp3) is 0.364. The van der Waals surface area contributed by atoms with Gasteiger partial charge in [-0.25, -0.2) is 9.67 Å². The summed E-state index contributed by atoms with van der Waals surface area (Å²) in [6, 6.07) is 7.25. The highest BCUT2D eigenvalue weighted by Gasteiger charge is 2.23. The van der Waals surface area contributed by atoms with Crippen molar-refractivity contribution in [3.63, 3.8) is 0 Å². The minimum Gasteiger partial charge on any atom is -0.324 e. The van der Waals surface area contributed by atoms with E-state index in [9.17, 15) is 9.59 Å². The minimum absolute atomic E-state index is 0.154. The number of carbonyl (C=O) groups excluding carboxylic acids is 1. The summed E-state index contributed by atoms with van der Waals surface area (Å²) in [4.78, 5) is 30.9. The molecule has 4 rings (SSSR count). The van der Waals surface area contributed by atoms with Gasteiger partial charge in [0.25, 0.3) is 5.56 Å². The molecule has 1 amide bonds. The Morgan fingerprint density at radius 3 is 2.63 bits per heavy atom. The standard InChI is InChI=1S/C22H24ClN5O2/c1-13-8-9-16(11-18(13)23)24-20(29)12-27-21(30)17-6-4-5-7-19(17)25-22(27)28-15(3)10-14(2)26-28/h8-11H,4-7,12H2,1-3H3,(H,24,29). The fourth-order valence-corrected chi connectivity index (χ4v) is 4.01. The lowest BCUT2D eigenvalue weighted by atomic mass is 9.97. The molecule has 30 heavy (non-hydrogen) atoms. The summed E-state index contributed by atoms with van der Waals surface area (Å²) in [7, 11) is 0. The van der Waals surface area contributed by atoms with Gasteiger partial charge in [-0.1, -0.05) is 17.7 Å². The van der Waals surface area contributed by atoms with Crippen LogP contribution in [-0.4, -0.2) is 25.2 Å². The highest BCUT2D eigenvalue weighted by Crippen LogP contribution is 2.21. The van der Waals surface area contributed by atoms with E-state index in [0.717, 1.165) is 41.9 Å². The van der Waals surface area contributed by atoms with E-state index in [1.807, 2.05) is 32.9 Å². The van der Waals surface area contributed by atoms with Gasteiger partial charge in [0.15, 0.2) is 0 Å². The molecular formula is C22H24ClN5O2. The zero-order valence-electron chi connectivity index (χ0n) is 17.3. The number of fused-ring (bicyclic) bond motifs is 1. The molecule has 0 bridgehead atoms. The number of nitrogens with zero attached hydrogens (tertiary/aromatic N) is 4. The molecule has 1 aromatic carbocycles. The van der Waals surface area contributed by atoms with Crippen molar-refractivity contribution in [2.45, 2.75) is 53.0 Å². The van der Waals surface area contributed by atoms with Crippen molar-refractivity contribution < 1.29 is 4.79 Å². The molecule has 0 atom stereocenters. The first-order valence-electron chi connectivity index (χ1n) is 10.1. The Bertz CT molecular complexity index is 1190. The number of hydrogen-bond acceptors (Lipinski definition) is 4. The maximum Gasteiger partial charge on any atom is 0.258 e. The third-order valence-electron chi connectivity index (χ3n) is 5.37. The van der Waals surface area contributed by atoms with E-state index in [-0.39, 0.29) is 18.0 Å². The number of rotatable bonds is 4. The molecule has 0 saturated carbocycles. The molecule has 7 nitrogen and oxygen atoms in total. The van der Waals surface area contributed by atoms with Crippen LogP contribution in [0, 0.1) is 20.8 Å². The number of aromatic nitrogens is 4. The molecular weight excluding hydrogens is 402 g/mol. The zero-order chi connectivity index (χ0) is 21.4. The van der Waals surface area contributed by atoms with E-state index >= 15 is 0 Å². The van der Waals surface area contributed by atoms with E-state index in [2.05, 4.69) is 10.4 Å². The number of hydrogen-bond donors (Lipinski definition) is 1. The highest BCUT2D eigenvalue weighted by molar-refractivity contribution is 6.31. The Morgan fingerprint density at radius 1 is 1.17 bits per heavy atom. The number of anilines is 1. The fourth-order valence-electron chi connectivity index (χ4n) is 3.83. The zero-order valence-corrected chi connectivity index (χ0v) is 18.1. The van der Waals surface area contributed by atoms with Crippen molar-refractivity contribution >= 4 is 23.2 Å². The summed E-state index contributed by atoms with van der Waals surface area (Å²) in [6.45, 7) is 5.54. The van der Waals surface area contributed by atoms with E-state index in [1.165, 1.54) is 4.57 Å². The van der Waals surface area contributed by atoms with Crippen LogP contribution in [0.4, 0.5) is 5.69 Å². The van der Waals surface area contributed by atoms with Crippen LogP contribution in [0.2, 0.25) is 5.02 Å². The highest BCUT2D eigenvalue weighted by atomic mass is 35.5. The van der Waals surface area contributed by atoms with Crippen molar-refractivity contribution in [3.05, 3.63) is 67.9 Å². The van der Waals surface area contributed by atoms with Gasteiger partial charge in [-0.05, 0) is 70.2 Å². The van der Waals surface area contributed by atoms with Crippen LogP contribution in [0.1, 0.15) is 41.1 Å². The molecule has 0 spiro atoms.